The number of aromatic hydroxyl groups is 1. The fraction of sp³-hybridized carbons (Fsp3) is 0.222. The van der Waals surface area contributed by atoms with E-state index in [1.54, 1.807) is 6.19 Å². The molecule has 1 aromatic carbocycles. The Morgan fingerprint density at radius 3 is 2.62 bits per heavy atom. The first-order valence-corrected chi connectivity index (χ1v) is 7.83. The van der Waals surface area contributed by atoms with Crippen LogP contribution in [0.2, 0.25) is 0 Å². The summed E-state index contributed by atoms with van der Waals surface area (Å²) in [5.74, 6) is -2.33. The Bertz CT molecular complexity index is 1140. The van der Waals surface area contributed by atoms with Gasteiger partial charge in [0.25, 0.3) is 0 Å². The van der Waals surface area contributed by atoms with Crippen LogP contribution in [0.15, 0.2) is 18.2 Å². The lowest BCUT2D eigenvalue weighted by Crippen LogP contribution is -2.34. The summed E-state index contributed by atoms with van der Waals surface area (Å²) in [7, 11) is 0. The Hall–Kier alpha value is -3.28. The molecule has 5 rings (SSSR count). The second kappa shape index (κ2) is 4.27. The predicted octanol–water partition coefficient (Wildman–Crippen LogP) is 0.685. The number of benzene rings is 1. The number of carbonyl (C=O) groups is 3. The number of epoxide rings is 1. The minimum absolute atomic E-state index is 0.0370. The van der Waals surface area contributed by atoms with Gasteiger partial charge >= 0.3 is 0 Å². The zero-order valence-corrected chi connectivity index (χ0v) is 13.3. The molecule has 0 bridgehead atoms. The van der Waals surface area contributed by atoms with E-state index in [1.165, 1.54) is 25.1 Å². The molecule has 1 saturated heterocycles. The van der Waals surface area contributed by atoms with E-state index in [2.05, 4.69) is 0 Å². The molecule has 2 aliphatic carbocycles. The molecule has 2 heterocycles. The van der Waals surface area contributed by atoms with Gasteiger partial charge in [-0.05, 0) is 13.0 Å². The van der Waals surface area contributed by atoms with Crippen molar-refractivity contribution in [1.82, 2.24) is 4.57 Å². The molecule has 1 fully saturated rings. The molecule has 1 aromatic heterocycles. The number of Topliss-reactive ketones (excluding diaryl/α,β-unsaturated/α-hetero) is 1. The highest BCUT2D eigenvalue weighted by molar-refractivity contribution is 6.30. The molecule has 3 unspecified atom stereocenters. The lowest BCUT2D eigenvalue weighted by molar-refractivity contribution is 0.0868. The lowest BCUT2D eigenvalue weighted by Gasteiger charge is -2.20. The van der Waals surface area contributed by atoms with Crippen LogP contribution in [0.25, 0.3) is 0 Å². The summed E-state index contributed by atoms with van der Waals surface area (Å²) in [6.45, 7) is 1.49. The number of phenolic OH excluding ortho intramolecular Hbond substituents is 1. The van der Waals surface area contributed by atoms with E-state index in [0.29, 0.717) is 0 Å². The fourth-order valence-corrected chi connectivity index (χ4v) is 4.03. The van der Waals surface area contributed by atoms with E-state index in [0.717, 1.165) is 4.57 Å². The maximum absolute atomic E-state index is 13.0. The standard InChI is InChI=1S/C18H10N2O6/c1-18-16(25)12-10(15(24)17(18)26-18)9-11(20(12)5-19)14(23)8-6(13(9)22)3-2-4-7(8)21/h2-4,15,17,21,24H,1H3. The van der Waals surface area contributed by atoms with E-state index >= 15 is 0 Å². The number of aliphatic hydroxyl groups is 1. The summed E-state index contributed by atoms with van der Waals surface area (Å²) in [5, 5.41) is 30.2. The average Bonchev–Trinajstić information content (AvgIpc) is 3.20. The van der Waals surface area contributed by atoms with Crippen LogP contribution in [0.5, 0.6) is 5.75 Å². The van der Waals surface area contributed by atoms with Crippen LogP contribution in [0.3, 0.4) is 0 Å². The Labute approximate surface area is 145 Å². The molecule has 2 aromatic rings. The van der Waals surface area contributed by atoms with Gasteiger partial charge in [-0.15, -0.1) is 0 Å². The number of phenols is 1. The van der Waals surface area contributed by atoms with Crippen molar-refractivity contribution < 1.29 is 29.3 Å². The van der Waals surface area contributed by atoms with Crippen LogP contribution >= 0.6 is 0 Å². The summed E-state index contributed by atoms with van der Waals surface area (Å²) in [5.41, 5.74) is -2.29. The SMILES string of the molecule is CC12OC1C(O)c1c3c(n(C#N)c1C2=O)C(=O)c1c(O)cccc1C3=O. The van der Waals surface area contributed by atoms with Crippen molar-refractivity contribution in [3.8, 4) is 11.9 Å². The van der Waals surface area contributed by atoms with Gasteiger partial charge in [0.15, 0.2) is 17.6 Å². The molecular weight excluding hydrogens is 340 g/mol. The van der Waals surface area contributed by atoms with Gasteiger partial charge in [0.1, 0.15) is 29.3 Å². The zero-order chi connectivity index (χ0) is 18.5. The Morgan fingerprint density at radius 2 is 1.92 bits per heavy atom. The number of nitriles is 1. The molecule has 0 amide bonds. The minimum atomic E-state index is -1.31. The summed E-state index contributed by atoms with van der Waals surface area (Å²) < 4.78 is 6.09. The lowest BCUT2D eigenvalue weighted by atomic mass is 9.80. The monoisotopic (exact) mass is 350 g/mol. The van der Waals surface area contributed by atoms with Gasteiger partial charge in [-0.3, -0.25) is 14.4 Å². The highest BCUT2D eigenvalue weighted by atomic mass is 16.6. The average molecular weight is 350 g/mol. The highest BCUT2D eigenvalue weighted by Crippen LogP contribution is 2.54. The number of rotatable bonds is 0. The van der Waals surface area contributed by atoms with E-state index < -0.39 is 35.2 Å². The second-order valence-corrected chi connectivity index (χ2v) is 6.70. The Balaban J connectivity index is 1.90. The van der Waals surface area contributed by atoms with Crippen molar-refractivity contribution in [2.75, 3.05) is 0 Å². The van der Waals surface area contributed by atoms with E-state index in [-0.39, 0.29) is 39.4 Å². The van der Waals surface area contributed by atoms with Gasteiger partial charge in [-0.25, -0.2) is 4.57 Å². The number of hydrogen-bond acceptors (Lipinski definition) is 7. The molecule has 1 aliphatic heterocycles. The number of fused-ring (bicyclic) bond motifs is 5. The topological polar surface area (TPSA) is 133 Å². The number of ether oxygens (including phenoxy) is 1. The maximum atomic E-state index is 13.0. The minimum Gasteiger partial charge on any atom is -0.507 e. The third kappa shape index (κ3) is 1.41. The molecule has 2 N–H and O–H groups in total. The fourth-order valence-electron chi connectivity index (χ4n) is 4.03. The summed E-state index contributed by atoms with van der Waals surface area (Å²) in [4.78, 5) is 38.8. The molecule has 0 spiro atoms. The van der Waals surface area contributed by atoms with Crippen LogP contribution in [0.4, 0.5) is 0 Å². The number of ketones is 3. The van der Waals surface area contributed by atoms with Crippen LogP contribution in [-0.2, 0) is 4.74 Å². The van der Waals surface area contributed by atoms with Crippen molar-refractivity contribution in [1.29, 1.82) is 5.26 Å². The molecular formula is C18H10N2O6. The van der Waals surface area contributed by atoms with E-state index in [9.17, 15) is 29.9 Å². The van der Waals surface area contributed by atoms with Crippen molar-refractivity contribution >= 4 is 17.3 Å². The Kier molecular flexibility index (Phi) is 2.47. The van der Waals surface area contributed by atoms with Crippen molar-refractivity contribution in [3.63, 3.8) is 0 Å². The normalized spacial score (nSPS) is 28.0. The smallest absolute Gasteiger partial charge is 0.215 e. The van der Waals surface area contributed by atoms with Gasteiger partial charge in [-0.2, -0.15) is 5.26 Å². The zero-order valence-electron chi connectivity index (χ0n) is 13.3. The van der Waals surface area contributed by atoms with Gasteiger partial charge in [0, 0.05) is 11.1 Å². The van der Waals surface area contributed by atoms with Crippen LogP contribution in [0, 0.1) is 11.5 Å². The molecule has 0 radical (unpaired) electrons. The number of aliphatic hydroxyl groups excluding tert-OH is 1. The summed E-state index contributed by atoms with van der Waals surface area (Å²) in [6.07, 6.45) is -0.391. The first kappa shape index (κ1) is 15.0. The second-order valence-electron chi connectivity index (χ2n) is 6.70. The summed E-state index contributed by atoms with van der Waals surface area (Å²) in [6, 6.07) is 4.06. The third-order valence-electron chi connectivity index (χ3n) is 5.37. The molecule has 3 atom stereocenters. The third-order valence-corrected chi connectivity index (χ3v) is 5.37. The molecule has 3 aliphatic rings. The highest BCUT2D eigenvalue weighted by Gasteiger charge is 2.68. The van der Waals surface area contributed by atoms with Gasteiger partial charge in [-0.1, -0.05) is 12.1 Å². The van der Waals surface area contributed by atoms with Gasteiger partial charge < -0.3 is 14.9 Å². The first-order chi connectivity index (χ1) is 12.3. The maximum Gasteiger partial charge on any atom is 0.215 e. The Morgan fingerprint density at radius 1 is 1.19 bits per heavy atom. The van der Waals surface area contributed by atoms with E-state index in [1.807, 2.05) is 0 Å². The largest absolute Gasteiger partial charge is 0.507 e. The molecule has 8 nitrogen and oxygen atoms in total. The summed E-state index contributed by atoms with van der Waals surface area (Å²) >= 11 is 0. The van der Waals surface area contributed by atoms with Crippen LogP contribution in [-0.4, -0.2) is 43.8 Å². The van der Waals surface area contributed by atoms with E-state index in [4.69, 9.17) is 4.74 Å². The quantitative estimate of drug-likeness (QED) is 0.570. The number of aromatic nitrogens is 1. The first-order valence-electron chi connectivity index (χ1n) is 7.83. The number of carbonyl (C=O) groups excluding carboxylic acids is 3. The number of hydrogen-bond donors (Lipinski definition) is 2. The van der Waals surface area contributed by atoms with Gasteiger partial charge in [0.2, 0.25) is 11.6 Å². The molecule has 26 heavy (non-hydrogen) atoms. The predicted molar refractivity (Wildman–Crippen MR) is 83.0 cm³/mol. The van der Waals surface area contributed by atoms with Crippen LogP contribution < -0.4 is 0 Å². The number of nitrogens with zero attached hydrogens (tertiary/aromatic N) is 2. The van der Waals surface area contributed by atoms with Crippen LogP contribution in [0.1, 0.15) is 61.1 Å². The van der Waals surface area contributed by atoms with Crippen molar-refractivity contribution in [2.24, 2.45) is 0 Å². The molecule has 0 saturated carbocycles. The van der Waals surface area contributed by atoms with Crippen molar-refractivity contribution in [3.05, 3.63) is 51.8 Å². The molecule has 128 valence electrons. The molecule has 8 heteroatoms. The van der Waals surface area contributed by atoms with Crippen molar-refractivity contribution in [2.45, 2.75) is 24.7 Å². The van der Waals surface area contributed by atoms with Gasteiger partial charge in [0.05, 0.1) is 11.1 Å².